The Balaban J connectivity index is 2.21. The van der Waals surface area contributed by atoms with Crippen LogP contribution in [-0.4, -0.2) is 16.9 Å². The molecule has 4 nitrogen and oxygen atoms in total. The number of nitriles is 1. The highest BCUT2D eigenvalue weighted by molar-refractivity contribution is 6.31. The molecular weight excluding hydrogens is 250 g/mol. The quantitative estimate of drug-likeness (QED) is 0.892. The summed E-state index contributed by atoms with van der Waals surface area (Å²) in [5.41, 5.74) is 1.33. The van der Waals surface area contributed by atoms with Gasteiger partial charge in [0.1, 0.15) is 5.69 Å². The van der Waals surface area contributed by atoms with Gasteiger partial charge >= 0.3 is 0 Å². The number of halogens is 1. The fourth-order valence-electron chi connectivity index (χ4n) is 1.72. The van der Waals surface area contributed by atoms with Crippen LogP contribution in [0.15, 0.2) is 24.3 Å². The lowest BCUT2D eigenvalue weighted by Crippen LogP contribution is -2.32. The van der Waals surface area contributed by atoms with Crippen LogP contribution in [0.1, 0.15) is 23.8 Å². The van der Waals surface area contributed by atoms with Crippen LogP contribution >= 0.6 is 11.6 Å². The maximum absolute atomic E-state index is 11.9. The van der Waals surface area contributed by atoms with E-state index in [9.17, 15) is 4.79 Å². The summed E-state index contributed by atoms with van der Waals surface area (Å²) in [6.07, 6.45) is 0.289. The Hall–Kier alpha value is -1.99. The van der Waals surface area contributed by atoms with E-state index >= 15 is 0 Å². The van der Waals surface area contributed by atoms with Crippen molar-refractivity contribution in [3.05, 3.63) is 35.0 Å². The molecule has 1 heterocycles. The van der Waals surface area contributed by atoms with Crippen molar-refractivity contribution in [3.63, 3.8) is 0 Å². The zero-order chi connectivity index (χ0) is 13.1. The SMILES string of the molecule is CC(CC#N)NC(=O)c1cc2cc(Cl)ccc2[nH]1. The zero-order valence-electron chi connectivity index (χ0n) is 9.83. The van der Waals surface area contributed by atoms with Gasteiger partial charge in [0.25, 0.3) is 5.91 Å². The van der Waals surface area contributed by atoms with Gasteiger partial charge in [0.2, 0.25) is 0 Å². The largest absolute Gasteiger partial charge is 0.351 e. The minimum Gasteiger partial charge on any atom is -0.351 e. The Morgan fingerprint density at radius 1 is 1.56 bits per heavy atom. The first-order valence-electron chi connectivity index (χ1n) is 5.56. The number of aromatic amines is 1. The minimum absolute atomic E-state index is 0.169. The number of amides is 1. The average molecular weight is 262 g/mol. The van der Waals surface area contributed by atoms with Crippen molar-refractivity contribution in [2.75, 3.05) is 0 Å². The molecule has 0 saturated carbocycles. The Morgan fingerprint density at radius 2 is 2.33 bits per heavy atom. The van der Waals surface area contributed by atoms with Gasteiger partial charge in [0, 0.05) is 22.0 Å². The summed E-state index contributed by atoms with van der Waals surface area (Å²) >= 11 is 5.88. The molecule has 1 aromatic carbocycles. The number of benzene rings is 1. The maximum atomic E-state index is 11.9. The lowest BCUT2D eigenvalue weighted by Gasteiger charge is -2.08. The highest BCUT2D eigenvalue weighted by Gasteiger charge is 2.12. The summed E-state index contributed by atoms with van der Waals surface area (Å²) in [6, 6.07) is 8.98. The van der Waals surface area contributed by atoms with Crippen molar-refractivity contribution in [2.24, 2.45) is 0 Å². The summed E-state index contributed by atoms with van der Waals surface area (Å²) < 4.78 is 0. The van der Waals surface area contributed by atoms with Gasteiger partial charge in [-0.3, -0.25) is 4.79 Å². The first-order valence-corrected chi connectivity index (χ1v) is 5.94. The summed E-state index contributed by atoms with van der Waals surface area (Å²) in [7, 11) is 0. The molecule has 92 valence electrons. The van der Waals surface area contributed by atoms with Crippen LogP contribution < -0.4 is 5.32 Å². The minimum atomic E-state index is -0.218. The number of nitrogens with zero attached hydrogens (tertiary/aromatic N) is 1. The Morgan fingerprint density at radius 3 is 3.06 bits per heavy atom. The van der Waals surface area contributed by atoms with Crippen molar-refractivity contribution in [1.29, 1.82) is 5.26 Å². The molecule has 0 spiro atoms. The highest BCUT2D eigenvalue weighted by Crippen LogP contribution is 2.20. The second kappa shape index (κ2) is 5.11. The third kappa shape index (κ3) is 2.63. The van der Waals surface area contributed by atoms with E-state index < -0.39 is 0 Å². The molecule has 2 rings (SSSR count). The highest BCUT2D eigenvalue weighted by atomic mass is 35.5. The van der Waals surface area contributed by atoms with Gasteiger partial charge in [-0.2, -0.15) is 5.26 Å². The number of fused-ring (bicyclic) bond motifs is 1. The molecule has 0 saturated heterocycles. The predicted octanol–water partition coefficient (Wildman–Crippen LogP) is 2.85. The standard InChI is InChI=1S/C13H12ClN3O/c1-8(4-5-15)16-13(18)12-7-9-6-10(14)2-3-11(9)17-12/h2-3,6-8,17H,4H2,1H3,(H,16,18). The number of rotatable bonds is 3. The molecule has 1 atom stereocenters. The van der Waals surface area contributed by atoms with Gasteiger partial charge < -0.3 is 10.3 Å². The van der Waals surface area contributed by atoms with Crippen molar-refractivity contribution >= 4 is 28.4 Å². The fraction of sp³-hybridized carbons (Fsp3) is 0.231. The van der Waals surface area contributed by atoms with Crippen LogP contribution in [0.25, 0.3) is 10.9 Å². The molecule has 0 aliphatic rings. The van der Waals surface area contributed by atoms with Crippen LogP contribution in [0.4, 0.5) is 0 Å². The Kier molecular flexibility index (Phi) is 3.54. The van der Waals surface area contributed by atoms with Gasteiger partial charge in [0.05, 0.1) is 12.5 Å². The number of H-pyrrole nitrogens is 1. The van der Waals surface area contributed by atoms with Crippen molar-refractivity contribution in [3.8, 4) is 6.07 Å². The first kappa shape index (κ1) is 12.5. The van der Waals surface area contributed by atoms with Gasteiger partial charge in [0.15, 0.2) is 0 Å². The molecule has 2 N–H and O–H groups in total. The molecule has 0 aliphatic carbocycles. The van der Waals surface area contributed by atoms with E-state index in [-0.39, 0.29) is 18.4 Å². The summed E-state index contributed by atoms with van der Waals surface area (Å²) in [6.45, 7) is 1.79. The van der Waals surface area contributed by atoms with E-state index in [2.05, 4.69) is 10.3 Å². The number of nitrogens with one attached hydrogen (secondary N) is 2. The summed E-state index contributed by atoms with van der Waals surface area (Å²) in [5, 5.41) is 12.8. The normalized spacial score (nSPS) is 12.1. The number of hydrogen-bond acceptors (Lipinski definition) is 2. The molecule has 0 radical (unpaired) electrons. The molecule has 0 aliphatic heterocycles. The van der Waals surface area contributed by atoms with E-state index in [1.807, 2.05) is 12.1 Å². The summed E-state index contributed by atoms with van der Waals surface area (Å²) in [4.78, 5) is 14.9. The maximum Gasteiger partial charge on any atom is 0.267 e. The third-order valence-electron chi connectivity index (χ3n) is 2.60. The molecule has 0 fully saturated rings. The smallest absolute Gasteiger partial charge is 0.267 e. The van der Waals surface area contributed by atoms with Gasteiger partial charge in [-0.15, -0.1) is 0 Å². The number of aromatic nitrogens is 1. The van der Waals surface area contributed by atoms with Gasteiger partial charge in [-0.05, 0) is 31.2 Å². The number of carbonyl (C=O) groups is 1. The van der Waals surface area contributed by atoms with Crippen molar-refractivity contribution in [1.82, 2.24) is 10.3 Å². The van der Waals surface area contributed by atoms with E-state index in [1.54, 1.807) is 25.1 Å². The van der Waals surface area contributed by atoms with Crippen molar-refractivity contribution in [2.45, 2.75) is 19.4 Å². The van der Waals surface area contributed by atoms with Crippen LogP contribution in [0.5, 0.6) is 0 Å². The first-order chi connectivity index (χ1) is 8.60. The lowest BCUT2D eigenvalue weighted by molar-refractivity contribution is 0.0936. The van der Waals surface area contributed by atoms with E-state index in [0.29, 0.717) is 10.7 Å². The molecule has 2 aromatic rings. The average Bonchev–Trinajstić information content (AvgIpc) is 2.72. The van der Waals surface area contributed by atoms with Gasteiger partial charge in [-0.1, -0.05) is 11.6 Å². The Bertz CT molecular complexity index is 627. The van der Waals surface area contributed by atoms with Crippen LogP contribution in [0.2, 0.25) is 5.02 Å². The predicted molar refractivity (Wildman–Crippen MR) is 70.5 cm³/mol. The lowest BCUT2D eigenvalue weighted by atomic mass is 10.2. The van der Waals surface area contributed by atoms with Crippen LogP contribution in [-0.2, 0) is 0 Å². The molecule has 1 aromatic heterocycles. The van der Waals surface area contributed by atoms with Crippen molar-refractivity contribution < 1.29 is 4.79 Å². The second-order valence-corrected chi connectivity index (χ2v) is 4.59. The van der Waals surface area contributed by atoms with E-state index in [4.69, 9.17) is 16.9 Å². The van der Waals surface area contributed by atoms with Crippen LogP contribution in [0.3, 0.4) is 0 Å². The molecule has 1 unspecified atom stereocenters. The Labute approximate surface area is 110 Å². The molecule has 18 heavy (non-hydrogen) atoms. The fourth-order valence-corrected chi connectivity index (χ4v) is 1.90. The molecule has 5 heteroatoms. The topological polar surface area (TPSA) is 68.7 Å². The van der Waals surface area contributed by atoms with E-state index in [0.717, 1.165) is 10.9 Å². The van der Waals surface area contributed by atoms with E-state index in [1.165, 1.54) is 0 Å². The molecule has 1 amide bonds. The molecule has 0 bridgehead atoms. The third-order valence-corrected chi connectivity index (χ3v) is 2.84. The monoisotopic (exact) mass is 261 g/mol. The second-order valence-electron chi connectivity index (χ2n) is 4.15. The summed E-state index contributed by atoms with van der Waals surface area (Å²) in [5.74, 6) is -0.218. The molecular formula is C13H12ClN3O. The number of carbonyl (C=O) groups excluding carboxylic acids is 1. The number of hydrogen-bond donors (Lipinski definition) is 2. The van der Waals surface area contributed by atoms with Gasteiger partial charge in [-0.25, -0.2) is 0 Å². The zero-order valence-corrected chi connectivity index (χ0v) is 10.6. The van der Waals surface area contributed by atoms with Crippen LogP contribution in [0, 0.1) is 11.3 Å².